The second-order valence-corrected chi connectivity index (χ2v) is 11.6. The van der Waals surface area contributed by atoms with Gasteiger partial charge in [0.25, 0.3) is 0 Å². The van der Waals surface area contributed by atoms with Gasteiger partial charge in [0.2, 0.25) is 15.9 Å². The molecule has 10 nitrogen and oxygen atoms in total. The van der Waals surface area contributed by atoms with Crippen molar-refractivity contribution in [3.8, 4) is 0 Å². The summed E-state index contributed by atoms with van der Waals surface area (Å²) in [5, 5.41) is 15.1. The number of sulfonamides is 1. The third-order valence-corrected chi connectivity index (χ3v) is 7.82. The zero-order valence-corrected chi connectivity index (χ0v) is 22.9. The molecule has 0 aliphatic heterocycles. The predicted molar refractivity (Wildman–Crippen MR) is 145 cm³/mol. The standard InChI is InChI=1S/C27H38N4O6S/c1-19(2)18-31(38(36,37)22-14-12-20(3)13-15-22)24(26(33)34)11-7-8-16-29-27(35)30-23(25(28)32)17-21-9-5-4-6-10-21/h4-6,9-10,12-15,19,23-24H,7-8,11,16-18H2,1-3H3,(H2,28,32)(H,33,34)(H2,29,30,35)/t23-,24-/m0/s1. The number of nitrogens with two attached hydrogens (primary N) is 1. The number of rotatable bonds is 15. The summed E-state index contributed by atoms with van der Waals surface area (Å²) in [5.74, 6) is -1.97. The van der Waals surface area contributed by atoms with Crippen molar-refractivity contribution in [2.24, 2.45) is 11.7 Å². The van der Waals surface area contributed by atoms with Gasteiger partial charge in [-0.05, 0) is 49.8 Å². The normalized spacial score (nSPS) is 13.2. The van der Waals surface area contributed by atoms with Crippen molar-refractivity contribution in [3.63, 3.8) is 0 Å². The number of nitrogens with one attached hydrogen (secondary N) is 2. The number of hydrogen-bond donors (Lipinski definition) is 4. The van der Waals surface area contributed by atoms with Crippen molar-refractivity contribution in [2.75, 3.05) is 13.1 Å². The lowest BCUT2D eigenvalue weighted by molar-refractivity contribution is -0.141. The number of aryl methyl sites for hydroxylation is 1. The predicted octanol–water partition coefficient (Wildman–Crippen LogP) is 2.66. The number of carbonyl (C=O) groups excluding carboxylic acids is 2. The van der Waals surface area contributed by atoms with E-state index in [1.54, 1.807) is 12.1 Å². The molecule has 38 heavy (non-hydrogen) atoms. The monoisotopic (exact) mass is 546 g/mol. The third-order valence-electron chi connectivity index (χ3n) is 5.93. The molecule has 0 unspecified atom stereocenters. The Balaban J connectivity index is 1.95. The molecule has 11 heteroatoms. The van der Waals surface area contributed by atoms with Crippen LogP contribution in [0.25, 0.3) is 0 Å². The molecule has 0 fully saturated rings. The van der Waals surface area contributed by atoms with Crippen LogP contribution in [-0.2, 0) is 26.0 Å². The number of urea groups is 1. The van der Waals surface area contributed by atoms with Crippen molar-refractivity contribution in [3.05, 3.63) is 65.7 Å². The number of aliphatic carboxylic acids is 1. The van der Waals surface area contributed by atoms with Crippen molar-refractivity contribution in [1.29, 1.82) is 0 Å². The van der Waals surface area contributed by atoms with Crippen molar-refractivity contribution >= 4 is 27.9 Å². The molecular weight excluding hydrogens is 508 g/mol. The highest BCUT2D eigenvalue weighted by molar-refractivity contribution is 7.89. The van der Waals surface area contributed by atoms with E-state index in [0.717, 1.165) is 15.4 Å². The van der Waals surface area contributed by atoms with Crippen molar-refractivity contribution < 1.29 is 27.9 Å². The molecule has 0 aliphatic rings. The van der Waals surface area contributed by atoms with Gasteiger partial charge in [-0.1, -0.05) is 61.9 Å². The molecule has 0 heterocycles. The quantitative estimate of drug-likeness (QED) is 0.251. The molecule has 208 valence electrons. The number of primary amides is 1. The van der Waals surface area contributed by atoms with Gasteiger partial charge in [-0.2, -0.15) is 4.31 Å². The number of carbonyl (C=O) groups is 3. The molecule has 3 amide bonds. The maximum absolute atomic E-state index is 13.4. The average molecular weight is 547 g/mol. The van der Waals surface area contributed by atoms with Crippen LogP contribution in [0.4, 0.5) is 4.79 Å². The summed E-state index contributed by atoms with van der Waals surface area (Å²) in [4.78, 5) is 36.2. The van der Waals surface area contributed by atoms with E-state index in [1.165, 1.54) is 12.1 Å². The van der Waals surface area contributed by atoms with E-state index in [-0.39, 0.29) is 36.7 Å². The Labute approximate surface area is 224 Å². The molecule has 0 bridgehead atoms. The summed E-state index contributed by atoms with van der Waals surface area (Å²) in [6, 6.07) is 12.8. The van der Waals surface area contributed by atoms with Crippen LogP contribution in [0.3, 0.4) is 0 Å². The summed E-state index contributed by atoms with van der Waals surface area (Å²) in [5.41, 5.74) is 7.17. The largest absolute Gasteiger partial charge is 0.480 e. The summed E-state index contributed by atoms with van der Waals surface area (Å²) < 4.78 is 27.8. The first-order valence-corrected chi connectivity index (χ1v) is 14.0. The number of nitrogens with zero attached hydrogens (tertiary/aromatic N) is 1. The Hall–Kier alpha value is -3.44. The molecule has 0 radical (unpaired) electrons. The number of carboxylic acid groups (broad SMARTS) is 1. The van der Waals surface area contributed by atoms with Gasteiger partial charge in [0.05, 0.1) is 4.90 Å². The fraction of sp³-hybridized carbons (Fsp3) is 0.444. The van der Waals surface area contributed by atoms with E-state index in [9.17, 15) is 27.9 Å². The van der Waals surface area contributed by atoms with Gasteiger partial charge >= 0.3 is 12.0 Å². The van der Waals surface area contributed by atoms with Crippen LogP contribution in [0.15, 0.2) is 59.5 Å². The van der Waals surface area contributed by atoms with Gasteiger partial charge in [0.1, 0.15) is 12.1 Å². The molecule has 2 aromatic rings. The average Bonchev–Trinajstić information content (AvgIpc) is 2.85. The molecule has 0 aromatic heterocycles. The molecule has 0 saturated carbocycles. The smallest absolute Gasteiger partial charge is 0.322 e. The maximum Gasteiger partial charge on any atom is 0.322 e. The van der Waals surface area contributed by atoms with Gasteiger partial charge in [0, 0.05) is 19.5 Å². The number of unbranched alkanes of at least 4 members (excludes halogenated alkanes) is 1. The highest BCUT2D eigenvalue weighted by Gasteiger charge is 2.36. The second-order valence-electron chi connectivity index (χ2n) is 9.68. The molecular formula is C27H38N4O6S. The van der Waals surface area contributed by atoms with Crippen molar-refractivity contribution in [2.45, 2.75) is 63.4 Å². The van der Waals surface area contributed by atoms with Gasteiger partial charge in [0.15, 0.2) is 0 Å². The molecule has 5 N–H and O–H groups in total. The van der Waals surface area contributed by atoms with E-state index >= 15 is 0 Å². The van der Waals surface area contributed by atoms with E-state index in [4.69, 9.17) is 5.73 Å². The number of amides is 3. The van der Waals surface area contributed by atoms with E-state index < -0.39 is 40.0 Å². The third kappa shape index (κ3) is 9.46. The van der Waals surface area contributed by atoms with E-state index in [1.807, 2.05) is 51.1 Å². The molecule has 0 spiro atoms. The maximum atomic E-state index is 13.4. The lowest BCUT2D eigenvalue weighted by atomic mass is 10.1. The van der Waals surface area contributed by atoms with Crippen LogP contribution in [0, 0.1) is 12.8 Å². The van der Waals surface area contributed by atoms with Crippen LogP contribution < -0.4 is 16.4 Å². The van der Waals surface area contributed by atoms with Gasteiger partial charge in [-0.3, -0.25) is 9.59 Å². The van der Waals surface area contributed by atoms with Crippen LogP contribution in [0.1, 0.15) is 44.2 Å². The fourth-order valence-corrected chi connectivity index (χ4v) is 5.71. The van der Waals surface area contributed by atoms with Gasteiger partial charge in [-0.25, -0.2) is 13.2 Å². The van der Waals surface area contributed by atoms with Crippen molar-refractivity contribution in [1.82, 2.24) is 14.9 Å². The van der Waals surface area contributed by atoms with E-state index in [2.05, 4.69) is 10.6 Å². The van der Waals surface area contributed by atoms with Crippen LogP contribution in [0.2, 0.25) is 0 Å². The summed E-state index contributed by atoms with van der Waals surface area (Å²) in [6.07, 6.45) is 1.11. The zero-order chi connectivity index (χ0) is 28.3. The minimum atomic E-state index is -4.03. The van der Waals surface area contributed by atoms with Gasteiger partial charge in [-0.15, -0.1) is 0 Å². The topological polar surface area (TPSA) is 159 Å². The van der Waals surface area contributed by atoms with Crippen LogP contribution in [0.5, 0.6) is 0 Å². The molecule has 2 atom stereocenters. The minimum absolute atomic E-state index is 0.0489. The molecule has 2 rings (SSSR count). The highest BCUT2D eigenvalue weighted by atomic mass is 32.2. The summed E-state index contributed by atoms with van der Waals surface area (Å²) >= 11 is 0. The Morgan fingerprint density at radius 2 is 1.63 bits per heavy atom. The second kappa shape index (κ2) is 14.5. The highest BCUT2D eigenvalue weighted by Crippen LogP contribution is 2.23. The Morgan fingerprint density at radius 1 is 1.00 bits per heavy atom. The van der Waals surface area contributed by atoms with E-state index in [0.29, 0.717) is 12.8 Å². The summed E-state index contributed by atoms with van der Waals surface area (Å²) in [7, 11) is -4.03. The minimum Gasteiger partial charge on any atom is -0.480 e. The molecule has 0 aliphatic carbocycles. The zero-order valence-electron chi connectivity index (χ0n) is 22.1. The van der Waals surface area contributed by atoms with Crippen LogP contribution in [-0.4, -0.2) is 60.9 Å². The Bertz CT molecular complexity index is 1170. The first kappa shape index (κ1) is 30.8. The SMILES string of the molecule is Cc1ccc(S(=O)(=O)N(CC(C)C)[C@@H](CCCCNC(=O)N[C@@H](Cc2ccccc2)C(N)=O)C(=O)O)cc1. The Morgan fingerprint density at radius 3 is 2.18 bits per heavy atom. The Kier molecular flexibility index (Phi) is 11.7. The number of benzene rings is 2. The molecule has 0 saturated heterocycles. The first-order chi connectivity index (χ1) is 17.9. The first-order valence-electron chi connectivity index (χ1n) is 12.6. The molecule has 2 aromatic carbocycles. The lowest BCUT2D eigenvalue weighted by Crippen LogP contribution is -2.49. The number of carboxylic acids is 1. The fourth-order valence-electron chi connectivity index (χ4n) is 3.94. The lowest BCUT2D eigenvalue weighted by Gasteiger charge is -2.29. The van der Waals surface area contributed by atoms with Gasteiger partial charge < -0.3 is 21.5 Å². The van der Waals surface area contributed by atoms with Crippen LogP contribution >= 0.6 is 0 Å². The number of hydrogen-bond acceptors (Lipinski definition) is 5. The summed E-state index contributed by atoms with van der Waals surface area (Å²) in [6.45, 7) is 5.77.